The average molecular weight is 311 g/mol. The van der Waals surface area contributed by atoms with E-state index in [1.807, 2.05) is 42.3 Å². The summed E-state index contributed by atoms with van der Waals surface area (Å²) in [7, 11) is -1.13. The molecule has 1 aromatic heterocycles. The Morgan fingerprint density at radius 3 is 2.55 bits per heavy atom. The maximum absolute atomic E-state index is 11.3. The molecule has 0 aliphatic rings. The first kappa shape index (κ1) is 14.8. The van der Waals surface area contributed by atoms with Gasteiger partial charge in [0.15, 0.2) is 0 Å². The number of hydrogen-bond donors (Lipinski definition) is 1. The van der Waals surface area contributed by atoms with Gasteiger partial charge in [0, 0.05) is 19.8 Å². The molecule has 20 heavy (non-hydrogen) atoms. The van der Waals surface area contributed by atoms with Gasteiger partial charge >= 0.3 is 0 Å². The molecule has 7 heteroatoms. The van der Waals surface area contributed by atoms with Crippen molar-refractivity contribution in [3.05, 3.63) is 30.3 Å². The van der Waals surface area contributed by atoms with Crippen molar-refractivity contribution < 1.29 is 8.42 Å². The number of aromatic nitrogens is 1. The van der Waals surface area contributed by atoms with Gasteiger partial charge < -0.3 is 10.6 Å². The van der Waals surface area contributed by atoms with Crippen molar-refractivity contribution in [2.75, 3.05) is 36.2 Å². The van der Waals surface area contributed by atoms with Crippen LogP contribution in [0, 0.1) is 0 Å². The zero-order chi connectivity index (χ0) is 14.8. The van der Waals surface area contributed by atoms with Crippen molar-refractivity contribution in [3.63, 3.8) is 0 Å². The maximum atomic E-state index is 11.3. The van der Waals surface area contributed by atoms with Crippen molar-refractivity contribution in [2.24, 2.45) is 0 Å². The molecule has 0 saturated heterocycles. The van der Waals surface area contributed by atoms with Crippen molar-refractivity contribution in [1.82, 2.24) is 4.37 Å². The third-order valence-electron chi connectivity index (χ3n) is 2.91. The number of rotatable bonds is 5. The Morgan fingerprint density at radius 1 is 1.30 bits per heavy atom. The third-order valence-corrected chi connectivity index (χ3v) is 4.81. The van der Waals surface area contributed by atoms with Crippen LogP contribution in [0.4, 0.5) is 10.8 Å². The van der Waals surface area contributed by atoms with Crippen LogP contribution in [0.3, 0.4) is 0 Å². The lowest BCUT2D eigenvalue weighted by Crippen LogP contribution is -2.24. The van der Waals surface area contributed by atoms with Gasteiger partial charge in [-0.15, -0.1) is 0 Å². The van der Waals surface area contributed by atoms with E-state index >= 15 is 0 Å². The number of hydrogen-bond acceptors (Lipinski definition) is 6. The molecule has 0 aliphatic carbocycles. The summed E-state index contributed by atoms with van der Waals surface area (Å²) >= 11 is 1.29. The van der Waals surface area contributed by atoms with E-state index in [-0.39, 0.29) is 5.75 Å². The predicted octanol–water partition coefficient (Wildman–Crippen LogP) is 1.87. The molecule has 0 unspecified atom stereocenters. The highest BCUT2D eigenvalue weighted by Crippen LogP contribution is 2.38. The van der Waals surface area contributed by atoms with Crippen LogP contribution in [0.2, 0.25) is 0 Å². The minimum absolute atomic E-state index is 0.107. The first-order chi connectivity index (χ1) is 9.38. The van der Waals surface area contributed by atoms with E-state index in [4.69, 9.17) is 5.73 Å². The third kappa shape index (κ3) is 3.49. The topological polar surface area (TPSA) is 76.3 Å². The number of nitrogen functional groups attached to an aromatic ring is 1. The first-order valence-corrected chi connectivity index (χ1v) is 8.91. The van der Waals surface area contributed by atoms with Gasteiger partial charge in [-0.1, -0.05) is 30.3 Å². The average Bonchev–Trinajstić information content (AvgIpc) is 2.78. The monoisotopic (exact) mass is 311 g/mol. The van der Waals surface area contributed by atoms with Crippen LogP contribution in [0.5, 0.6) is 0 Å². The van der Waals surface area contributed by atoms with E-state index in [9.17, 15) is 8.42 Å². The molecule has 0 bridgehead atoms. The van der Waals surface area contributed by atoms with Gasteiger partial charge in [0.2, 0.25) is 0 Å². The van der Waals surface area contributed by atoms with Gasteiger partial charge in [-0.05, 0) is 17.1 Å². The summed E-state index contributed by atoms with van der Waals surface area (Å²) in [5, 5.41) is 0.886. The molecular weight excluding hydrogens is 294 g/mol. The Kier molecular flexibility index (Phi) is 4.29. The highest BCUT2D eigenvalue weighted by atomic mass is 32.2. The lowest BCUT2D eigenvalue weighted by atomic mass is 10.1. The standard InChI is InChI=1S/C13H17N3O2S2/c1-16(8-9-20(2,17)18)13-11(12(14)15-19-13)10-6-4-3-5-7-10/h3-7H,8-9H2,1-2H3,(H2,14,15). The Balaban J connectivity index is 2.30. The zero-order valence-electron chi connectivity index (χ0n) is 11.4. The number of anilines is 2. The van der Waals surface area contributed by atoms with Crippen LogP contribution >= 0.6 is 11.5 Å². The van der Waals surface area contributed by atoms with Crippen molar-refractivity contribution >= 4 is 32.2 Å². The molecule has 2 aromatic rings. The van der Waals surface area contributed by atoms with Gasteiger partial charge in [0.1, 0.15) is 20.7 Å². The lowest BCUT2D eigenvalue weighted by Gasteiger charge is -2.18. The molecule has 1 aromatic carbocycles. The Morgan fingerprint density at radius 2 is 1.95 bits per heavy atom. The minimum Gasteiger partial charge on any atom is -0.382 e. The van der Waals surface area contributed by atoms with E-state index in [0.29, 0.717) is 12.4 Å². The molecule has 0 atom stereocenters. The van der Waals surface area contributed by atoms with Crippen molar-refractivity contribution in [1.29, 1.82) is 0 Å². The fourth-order valence-corrected chi connectivity index (χ4v) is 3.26. The number of nitrogens with two attached hydrogens (primary N) is 1. The summed E-state index contributed by atoms with van der Waals surface area (Å²) in [5.41, 5.74) is 7.80. The zero-order valence-corrected chi connectivity index (χ0v) is 13.0. The second-order valence-electron chi connectivity index (χ2n) is 4.67. The van der Waals surface area contributed by atoms with E-state index in [1.54, 1.807) is 0 Å². The summed E-state index contributed by atoms with van der Waals surface area (Å²) in [4.78, 5) is 1.89. The summed E-state index contributed by atoms with van der Waals surface area (Å²) in [5.74, 6) is 0.581. The van der Waals surface area contributed by atoms with E-state index < -0.39 is 9.84 Å². The molecule has 108 valence electrons. The van der Waals surface area contributed by atoms with E-state index in [0.717, 1.165) is 16.1 Å². The molecule has 2 N–H and O–H groups in total. The van der Waals surface area contributed by atoms with Crippen molar-refractivity contribution in [3.8, 4) is 11.1 Å². The number of nitrogens with zero attached hydrogens (tertiary/aromatic N) is 2. The van der Waals surface area contributed by atoms with Gasteiger partial charge in [0.25, 0.3) is 0 Å². The van der Waals surface area contributed by atoms with Crippen LogP contribution in [0.1, 0.15) is 0 Å². The Bertz CT molecular complexity index is 681. The number of sulfone groups is 1. The molecule has 0 fully saturated rings. The highest BCUT2D eigenvalue weighted by Gasteiger charge is 2.17. The summed E-state index contributed by atoms with van der Waals surface area (Å²) in [6, 6.07) is 9.74. The quantitative estimate of drug-likeness (QED) is 0.912. The lowest BCUT2D eigenvalue weighted by molar-refractivity contribution is 0.601. The molecule has 0 amide bonds. The Hall–Kier alpha value is -1.60. The summed E-state index contributed by atoms with van der Waals surface area (Å²) in [6.07, 6.45) is 1.24. The molecule has 0 spiro atoms. The van der Waals surface area contributed by atoms with Gasteiger partial charge in [-0.25, -0.2) is 8.42 Å². The van der Waals surface area contributed by atoms with Crippen LogP contribution < -0.4 is 10.6 Å². The predicted molar refractivity (Wildman–Crippen MR) is 84.9 cm³/mol. The smallest absolute Gasteiger partial charge is 0.149 e. The van der Waals surface area contributed by atoms with Crippen molar-refractivity contribution in [2.45, 2.75) is 0 Å². The Labute approximate surface area is 123 Å². The summed E-state index contributed by atoms with van der Waals surface area (Å²) in [6.45, 7) is 0.417. The minimum atomic E-state index is -2.99. The molecule has 1 heterocycles. The first-order valence-electron chi connectivity index (χ1n) is 6.08. The normalized spacial score (nSPS) is 11.5. The SMILES string of the molecule is CN(CCS(C)(=O)=O)c1snc(N)c1-c1ccccc1. The van der Waals surface area contributed by atoms with Gasteiger partial charge in [0.05, 0.1) is 11.3 Å². The van der Waals surface area contributed by atoms with Crippen LogP contribution in [0.25, 0.3) is 11.1 Å². The second kappa shape index (κ2) is 5.80. The van der Waals surface area contributed by atoms with Crippen LogP contribution in [-0.2, 0) is 9.84 Å². The van der Waals surface area contributed by atoms with Crippen LogP contribution in [-0.4, -0.2) is 38.4 Å². The van der Waals surface area contributed by atoms with Gasteiger partial charge in [-0.2, -0.15) is 4.37 Å². The molecule has 0 radical (unpaired) electrons. The highest BCUT2D eigenvalue weighted by molar-refractivity contribution is 7.90. The van der Waals surface area contributed by atoms with Gasteiger partial charge in [-0.3, -0.25) is 0 Å². The fraction of sp³-hybridized carbons (Fsp3) is 0.308. The van der Waals surface area contributed by atoms with E-state index in [1.165, 1.54) is 17.8 Å². The number of benzene rings is 1. The molecule has 0 aliphatic heterocycles. The second-order valence-corrected chi connectivity index (χ2v) is 7.68. The molecule has 0 saturated carbocycles. The fourth-order valence-electron chi connectivity index (χ4n) is 1.83. The van der Waals surface area contributed by atoms with E-state index in [2.05, 4.69) is 4.37 Å². The van der Waals surface area contributed by atoms with Crippen LogP contribution in [0.15, 0.2) is 30.3 Å². The molecular formula is C13H17N3O2S2. The largest absolute Gasteiger partial charge is 0.382 e. The maximum Gasteiger partial charge on any atom is 0.149 e. The molecule has 5 nitrogen and oxygen atoms in total. The molecule has 2 rings (SSSR count). The summed E-state index contributed by atoms with van der Waals surface area (Å²) < 4.78 is 26.7.